The van der Waals surface area contributed by atoms with Crippen molar-refractivity contribution in [3.05, 3.63) is 46.2 Å². The van der Waals surface area contributed by atoms with Crippen molar-refractivity contribution in [1.29, 1.82) is 0 Å². The lowest BCUT2D eigenvalue weighted by Gasteiger charge is -2.23. The molecule has 0 spiro atoms. The van der Waals surface area contributed by atoms with Gasteiger partial charge in [-0.1, -0.05) is 12.1 Å². The topological polar surface area (TPSA) is 38.7 Å². The molecule has 108 valence electrons. The zero-order valence-corrected chi connectivity index (χ0v) is 12.9. The smallest absolute Gasteiger partial charge is 0.160 e. The number of aliphatic hydroxyl groups is 1. The molecule has 1 N–H and O–H groups in total. The van der Waals surface area contributed by atoms with E-state index in [0.717, 1.165) is 5.56 Å². The fourth-order valence-corrected chi connectivity index (χ4v) is 3.16. The highest BCUT2D eigenvalue weighted by molar-refractivity contribution is 7.09. The number of ether oxygens (including phenoxy) is 2. The van der Waals surface area contributed by atoms with Crippen molar-refractivity contribution < 1.29 is 14.6 Å². The lowest BCUT2D eigenvalue weighted by molar-refractivity contribution is 0.0616. The van der Waals surface area contributed by atoms with Crippen molar-refractivity contribution in [2.45, 2.75) is 25.4 Å². The molecule has 0 aliphatic carbocycles. The molecular formula is C16H20O3S. The lowest BCUT2D eigenvalue weighted by Crippen LogP contribution is -2.29. The number of hydrogen-bond acceptors (Lipinski definition) is 4. The van der Waals surface area contributed by atoms with Gasteiger partial charge >= 0.3 is 0 Å². The second kappa shape index (κ2) is 6.29. The molecule has 0 bridgehead atoms. The molecule has 0 radical (unpaired) electrons. The Kier molecular flexibility index (Phi) is 4.68. The summed E-state index contributed by atoms with van der Waals surface area (Å²) in [5.41, 5.74) is 0.258. The predicted octanol–water partition coefficient (Wildman–Crippen LogP) is 3.30. The Morgan fingerprint density at radius 2 is 1.85 bits per heavy atom. The van der Waals surface area contributed by atoms with Gasteiger partial charge in [-0.25, -0.2) is 0 Å². The van der Waals surface area contributed by atoms with Gasteiger partial charge in [0.1, 0.15) is 0 Å². The maximum Gasteiger partial charge on any atom is 0.160 e. The summed E-state index contributed by atoms with van der Waals surface area (Å²) >= 11 is 1.67. The molecule has 20 heavy (non-hydrogen) atoms. The SMILES string of the molecule is COc1ccc(CC(C)(O)Cc2cccs2)cc1OC. The van der Waals surface area contributed by atoms with Crippen molar-refractivity contribution >= 4 is 11.3 Å². The van der Waals surface area contributed by atoms with Crippen molar-refractivity contribution in [2.75, 3.05) is 14.2 Å². The van der Waals surface area contributed by atoms with Gasteiger partial charge in [-0.2, -0.15) is 0 Å². The van der Waals surface area contributed by atoms with Crippen molar-refractivity contribution in [2.24, 2.45) is 0 Å². The summed E-state index contributed by atoms with van der Waals surface area (Å²) in [5, 5.41) is 12.6. The van der Waals surface area contributed by atoms with Gasteiger partial charge in [0.25, 0.3) is 0 Å². The van der Waals surface area contributed by atoms with E-state index < -0.39 is 5.60 Å². The third-order valence-corrected chi connectivity index (χ3v) is 4.04. The maximum atomic E-state index is 10.6. The number of benzene rings is 1. The van der Waals surface area contributed by atoms with Gasteiger partial charge in [-0.15, -0.1) is 11.3 Å². The zero-order chi connectivity index (χ0) is 14.6. The van der Waals surface area contributed by atoms with E-state index in [1.807, 2.05) is 42.6 Å². The Hall–Kier alpha value is -1.52. The largest absolute Gasteiger partial charge is 0.493 e. The first-order valence-corrected chi connectivity index (χ1v) is 7.38. The van der Waals surface area contributed by atoms with E-state index in [1.165, 1.54) is 4.88 Å². The lowest BCUT2D eigenvalue weighted by atomic mass is 9.92. The first kappa shape index (κ1) is 14.9. The molecule has 2 rings (SSSR count). The highest BCUT2D eigenvalue weighted by atomic mass is 32.1. The van der Waals surface area contributed by atoms with Crippen LogP contribution in [0.2, 0.25) is 0 Å². The van der Waals surface area contributed by atoms with Crippen LogP contribution in [0, 0.1) is 0 Å². The fourth-order valence-electron chi connectivity index (χ4n) is 2.28. The van der Waals surface area contributed by atoms with Crippen LogP contribution in [0.15, 0.2) is 35.7 Å². The van der Waals surface area contributed by atoms with Gasteiger partial charge in [-0.3, -0.25) is 0 Å². The monoisotopic (exact) mass is 292 g/mol. The summed E-state index contributed by atoms with van der Waals surface area (Å²) < 4.78 is 10.5. The highest BCUT2D eigenvalue weighted by Gasteiger charge is 2.22. The van der Waals surface area contributed by atoms with Crippen LogP contribution in [-0.2, 0) is 12.8 Å². The van der Waals surface area contributed by atoms with Crippen molar-refractivity contribution in [3.8, 4) is 11.5 Å². The van der Waals surface area contributed by atoms with Crippen LogP contribution in [-0.4, -0.2) is 24.9 Å². The molecule has 2 aromatic rings. The molecule has 4 heteroatoms. The molecule has 0 fully saturated rings. The van der Waals surface area contributed by atoms with Crippen LogP contribution in [0.4, 0.5) is 0 Å². The molecule has 0 saturated heterocycles. The highest BCUT2D eigenvalue weighted by Crippen LogP contribution is 2.30. The van der Waals surface area contributed by atoms with Gasteiger partial charge in [0.05, 0.1) is 19.8 Å². The molecule has 0 amide bonds. The fraction of sp³-hybridized carbons (Fsp3) is 0.375. The zero-order valence-electron chi connectivity index (χ0n) is 12.1. The number of thiophene rings is 1. The number of methoxy groups -OCH3 is 2. The minimum Gasteiger partial charge on any atom is -0.493 e. The summed E-state index contributed by atoms with van der Waals surface area (Å²) in [6.07, 6.45) is 1.23. The minimum absolute atomic E-state index is 0.575. The Morgan fingerprint density at radius 3 is 2.45 bits per heavy atom. The van der Waals surface area contributed by atoms with Crippen molar-refractivity contribution in [1.82, 2.24) is 0 Å². The Labute approximate surface area is 123 Å². The molecule has 1 unspecified atom stereocenters. The quantitative estimate of drug-likeness (QED) is 0.888. The van der Waals surface area contributed by atoms with E-state index in [0.29, 0.717) is 24.3 Å². The van der Waals surface area contributed by atoms with Gasteiger partial charge in [0.2, 0.25) is 0 Å². The molecular weight excluding hydrogens is 272 g/mol. The van der Waals surface area contributed by atoms with E-state index in [2.05, 4.69) is 0 Å². The van der Waals surface area contributed by atoms with Crippen LogP contribution in [0.3, 0.4) is 0 Å². The van der Waals surface area contributed by atoms with E-state index in [4.69, 9.17) is 9.47 Å². The minimum atomic E-state index is -0.773. The normalized spacial score (nSPS) is 13.8. The number of rotatable bonds is 6. The summed E-state index contributed by atoms with van der Waals surface area (Å²) in [5.74, 6) is 1.39. The molecule has 1 aromatic heterocycles. The third kappa shape index (κ3) is 3.74. The van der Waals surface area contributed by atoms with Gasteiger partial charge in [0, 0.05) is 17.7 Å². The summed E-state index contributed by atoms with van der Waals surface area (Å²) in [6, 6.07) is 9.81. The van der Waals surface area contributed by atoms with Gasteiger partial charge in [-0.05, 0) is 36.1 Å². The van der Waals surface area contributed by atoms with Crippen LogP contribution in [0.1, 0.15) is 17.4 Å². The maximum absolute atomic E-state index is 10.6. The molecule has 0 aliphatic heterocycles. The van der Waals surface area contributed by atoms with E-state index in [9.17, 15) is 5.11 Å². The van der Waals surface area contributed by atoms with Crippen LogP contribution >= 0.6 is 11.3 Å². The first-order valence-electron chi connectivity index (χ1n) is 6.50. The Balaban J connectivity index is 2.12. The summed E-state index contributed by atoms with van der Waals surface area (Å²) in [7, 11) is 3.23. The summed E-state index contributed by atoms with van der Waals surface area (Å²) in [6.45, 7) is 1.86. The third-order valence-electron chi connectivity index (χ3n) is 3.17. The second-order valence-corrected chi connectivity index (χ2v) is 6.15. The van der Waals surface area contributed by atoms with Crippen LogP contribution in [0.5, 0.6) is 11.5 Å². The average Bonchev–Trinajstić information content (AvgIpc) is 2.90. The summed E-state index contributed by atoms with van der Waals surface area (Å²) in [4.78, 5) is 1.19. The first-order chi connectivity index (χ1) is 9.54. The van der Waals surface area contributed by atoms with E-state index in [1.54, 1.807) is 25.6 Å². The Bertz CT molecular complexity index is 547. The van der Waals surface area contributed by atoms with Crippen LogP contribution in [0.25, 0.3) is 0 Å². The van der Waals surface area contributed by atoms with E-state index >= 15 is 0 Å². The second-order valence-electron chi connectivity index (χ2n) is 5.12. The standard InChI is InChI=1S/C16H20O3S/c1-16(17,11-13-5-4-8-20-13)10-12-6-7-14(18-2)15(9-12)19-3/h4-9,17H,10-11H2,1-3H3. The molecule has 0 saturated carbocycles. The van der Waals surface area contributed by atoms with Gasteiger partial charge < -0.3 is 14.6 Å². The Morgan fingerprint density at radius 1 is 1.10 bits per heavy atom. The molecule has 1 heterocycles. The predicted molar refractivity (Wildman–Crippen MR) is 81.9 cm³/mol. The van der Waals surface area contributed by atoms with E-state index in [-0.39, 0.29) is 0 Å². The molecule has 1 aromatic carbocycles. The van der Waals surface area contributed by atoms with Gasteiger partial charge in [0.15, 0.2) is 11.5 Å². The van der Waals surface area contributed by atoms with Crippen LogP contribution < -0.4 is 9.47 Å². The van der Waals surface area contributed by atoms with Crippen molar-refractivity contribution in [3.63, 3.8) is 0 Å². The average molecular weight is 292 g/mol. The molecule has 3 nitrogen and oxygen atoms in total. The number of hydrogen-bond donors (Lipinski definition) is 1. The molecule has 1 atom stereocenters. The molecule has 0 aliphatic rings.